The maximum absolute atomic E-state index is 12.4. The molecule has 6 heteroatoms. The van der Waals surface area contributed by atoms with Crippen LogP contribution in [-0.2, 0) is 16.0 Å². The predicted octanol–water partition coefficient (Wildman–Crippen LogP) is 2.80. The Kier molecular flexibility index (Phi) is 7.68. The normalized spacial score (nSPS) is 21.1. The number of para-hydroxylation sites is 1. The molecule has 2 atom stereocenters. The van der Waals surface area contributed by atoms with Crippen molar-refractivity contribution in [2.45, 2.75) is 39.0 Å². The fourth-order valence-electron chi connectivity index (χ4n) is 3.19. The fraction of sp³-hybridized carbons (Fsp3) is 0.632. The molecule has 1 aromatic rings. The van der Waals surface area contributed by atoms with Crippen molar-refractivity contribution in [2.75, 3.05) is 45.7 Å². The third-order valence-electron chi connectivity index (χ3n) is 4.34. The Morgan fingerprint density at radius 2 is 2.00 bits per heavy atom. The monoisotopic (exact) mass is 349 g/mol. The van der Waals surface area contributed by atoms with Gasteiger partial charge in [-0.05, 0) is 31.9 Å². The molecule has 1 aliphatic rings. The number of benzene rings is 1. The molecule has 2 rings (SSSR count). The number of hydrogen-bond donors (Lipinski definition) is 1. The lowest BCUT2D eigenvalue weighted by molar-refractivity contribution is -0.0704. The van der Waals surface area contributed by atoms with E-state index in [1.807, 2.05) is 18.2 Å². The number of carbonyl (C=O) groups excluding carboxylic acids is 1. The second kappa shape index (κ2) is 9.75. The Labute approximate surface area is 151 Å². The summed E-state index contributed by atoms with van der Waals surface area (Å²) in [4.78, 5) is 16.5. The van der Waals surface area contributed by atoms with E-state index in [4.69, 9.17) is 9.47 Å². The van der Waals surface area contributed by atoms with Gasteiger partial charge in [0.05, 0.1) is 12.2 Å². The van der Waals surface area contributed by atoms with Crippen LogP contribution in [-0.4, -0.2) is 68.4 Å². The standard InChI is InChI=1S/C19H31N3O3/c1-15-12-22(13-16(2)25-15)14-17-8-5-6-9-18(17)20-19(23)21(3)10-7-11-24-4/h5-6,8-9,15-16H,7,10-14H2,1-4H3,(H,20,23)/t15-,16-/m0/s1. The Morgan fingerprint density at radius 3 is 2.68 bits per heavy atom. The number of hydrogen-bond acceptors (Lipinski definition) is 4. The first-order chi connectivity index (χ1) is 12.0. The minimum Gasteiger partial charge on any atom is -0.385 e. The zero-order valence-electron chi connectivity index (χ0n) is 15.8. The molecule has 0 aromatic heterocycles. The molecule has 1 saturated heterocycles. The summed E-state index contributed by atoms with van der Waals surface area (Å²) >= 11 is 0. The van der Waals surface area contributed by atoms with Gasteiger partial charge in [-0.3, -0.25) is 4.90 Å². The van der Waals surface area contributed by atoms with Gasteiger partial charge in [-0.2, -0.15) is 0 Å². The molecular weight excluding hydrogens is 318 g/mol. The van der Waals surface area contributed by atoms with Crippen LogP contribution in [0.1, 0.15) is 25.8 Å². The summed E-state index contributed by atoms with van der Waals surface area (Å²) < 4.78 is 10.8. The molecule has 1 aliphatic heterocycles. The van der Waals surface area contributed by atoms with E-state index in [0.717, 1.165) is 37.3 Å². The molecular formula is C19H31N3O3. The van der Waals surface area contributed by atoms with Crippen molar-refractivity contribution >= 4 is 11.7 Å². The number of urea groups is 1. The summed E-state index contributed by atoms with van der Waals surface area (Å²) in [5, 5.41) is 3.04. The SMILES string of the molecule is COCCCN(C)C(=O)Nc1ccccc1CN1C[C@H](C)O[C@@H](C)C1. The second-order valence-corrected chi connectivity index (χ2v) is 6.81. The highest BCUT2D eigenvalue weighted by Crippen LogP contribution is 2.20. The Balaban J connectivity index is 1.96. The number of nitrogens with zero attached hydrogens (tertiary/aromatic N) is 2. The first kappa shape index (κ1) is 19.7. The van der Waals surface area contributed by atoms with Gasteiger partial charge >= 0.3 is 6.03 Å². The van der Waals surface area contributed by atoms with Gasteiger partial charge < -0.3 is 19.7 Å². The summed E-state index contributed by atoms with van der Waals surface area (Å²) in [6, 6.07) is 7.91. The second-order valence-electron chi connectivity index (χ2n) is 6.81. The van der Waals surface area contributed by atoms with Crippen LogP contribution in [0.25, 0.3) is 0 Å². The molecule has 1 heterocycles. The van der Waals surface area contributed by atoms with Crippen molar-refractivity contribution in [3.05, 3.63) is 29.8 Å². The number of rotatable bonds is 7. The highest BCUT2D eigenvalue weighted by molar-refractivity contribution is 5.89. The van der Waals surface area contributed by atoms with E-state index in [2.05, 4.69) is 30.1 Å². The number of methoxy groups -OCH3 is 1. The van der Waals surface area contributed by atoms with Crippen molar-refractivity contribution in [3.63, 3.8) is 0 Å². The zero-order chi connectivity index (χ0) is 18.2. The van der Waals surface area contributed by atoms with Gasteiger partial charge in [0.15, 0.2) is 0 Å². The molecule has 6 nitrogen and oxygen atoms in total. The molecule has 140 valence electrons. The molecule has 0 bridgehead atoms. The van der Waals surface area contributed by atoms with Crippen molar-refractivity contribution in [2.24, 2.45) is 0 Å². The van der Waals surface area contributed by atoms with E-state index in [9.17, 15) is 4.79 Å². The fourth-order valence-corrected chi connectivity index (χ4v) is 3.19. The molecule has 1 fully saturated rings. The summed E-state index contributed by atoms with van der Waals surface area (Å²) in [6.45, 7) is 8.15. The molecule has 0 aliphatic carbocycles. The molecule has 0 saturated carbocycles. The van der Waals surface area contributed by atoms with Gasteiger partial charge in [-0.25, -0.2) is 4.79 Å². The smallest absolute Gasteiger partial charge is 0.321 e. The average Bonchev–Trinajstić information content (AvgIpc) is 2.55. The number of morpholine rings is 1. The lowest BCUT2D eigenvalue weighted by Crippen LogP contribution is -2.45. The van der Waals surface area contributed by atoms with Crippen LogP contribution in [0.4, 0.5) is 10.5 Å². The molecule has 25 heavy (non-hydrogen) atoms. The third kappa shape index (κ3) is 6.30. The van der Waals surface area contributed by atoms with Gasteiger partial charge in [0.1, 0.15) is 0 Å². The Hall–Kier alpha value is -1.63. The average molecular weight is 349 g/mol. The van der Waals surface area contributed by atoms with Crippen LogP contribution in [0, 0.1) is 0 Å². The highest BCUT2D eigenvalue weighted by atomic mass is 16.5. The Morgan fingerprint density at radius 1 is 1.32 bits per heavy atom. The first-order valence-corrected chi connectivity index (χ1v) is 8.96. The van der Waals surface area contributed by atoms with E-state index in [1.165, 1.54) is 0 Å². The van der Waals surface area contributed by atoms with E-state index < -0.39 is 0 Å². The van der Waals surface area contributed by atoms with Crippen molar-refractivity contribution in [3.8, 4) is 0 Å². The molecule has 0 unspecified atom stereocenters. The van der Waals surface area contributed by atoms with Crippen LogP contribution in [0.3, 0.4) is 0 Å². The minimum atomic E-state index is -0.0905. The van der Waals surface area contributed by atoms with Crippen LogP contribution in [0.2, 0.25) is 0 Å². The first-order valence-electron chi connectivity index (χ1n) is 8.96. The van der Waals surface area contributed by atoms with Crippen molar-refractivity contribution < 1.29 is 14.3 Å². The van der Waals surface area contributed by atoms with Crippen molar-refractivity contribution in [1.29, 1.82) is 0 Å². The molecule has 0 radical (unpaired) electrons. The summed E-state index contributed by atoms with van der Waals surface area (Å²) in [7, 11) is 3.47. The number of carbonyl (C=O) groups is 1. The van der Waals surface area contributed by atoms with E-state index in [-0.39, 0.29) is 18.2 Å². The van der Waals surface area contributed by atoms with Gasteiger partial charge in [0.25, 0.3) is 0 Å². The van der Waals surface area contributed by atoms with E-state index in [0.29, 0.717) is 13.2 Å². The van der Waals surface area contributed by atoms with Gasteiger partial charge in [0.2, 0.25) is 0 Å². The maximum atomic E-state index is 12.4. The molecule has 1 aromatic carbocycles. The maximum Gasteiger partial charge on any atom is 0.321 e. The number of nitrogens with one attached hydrogen (secondary N) is 1. The lowest BCUT2D eigenvalue weighted by atomic mass is 10.1. The van der Waals surface area contributed by atoms with Gasteiger partial charge in [-0.1, -0.05) is 18.2 Å². The molecule has 1 N–H and O–H groups in total. The Bertz CT molecular complexity index is 542. The zero-order valence-corrected chi connectivity index (χ0v) is 15.8. The predicted molar refractivity (Wildman–Crippen MR) is 99.9 cm³/mol. The van der Waals surface area contributed by atoms with Crippen LogP contribution in [0.5, 0.6) is 0 Å². The highest BCUT2D eigenvalue weighted by Gasteiger charge is 2.23. The lowest BCUT2D eigenvalue weighted by Gasteiger charge is -2.35. The van der Waals surface area contributed by atoms with Crippen molar-refractivity contribution in [1.82, 2.24) is 9.80 Å². The summed E-state index contributed by atoms with van der Waals surface area (Å²) in [6.07, 6.45) is 1.29. The largest absolute Gasteiger partial charge is 0.385 e. The quantitative estimate of drug-likeness (QED) is 0.769. The van der Waals surface area contributed by atoms with Gasteiger partial charge in [-0.15, -0.1) is 0 Å². The topological polar surface area (TPSA) is 54.0 Å². The number of ether oxygens (including phenoxy) is 2. The third-order valence-corrected chi connectivity index (χ3v) is 4.34. The van der Waals surface area contributed by atoms with E-state index in [1.54, 1.807) is 19.1 Å². The van der Waals surface area contributed by atoms with Gasteiger partial charge in [0, 0.05) is 52.6 Å². The summed E-state index contributed by atoms with van der Waals surface area (Å²) in [5.41, 5.74) is 2.00. The molecule has 0 spiro atoms. The summed E-state index contributed by atoms with van der Waals surface area (Å²) in [5.74, 6) is 0. The molecule has 2 amide bonds. The number of anilines is 1. The van der Waals surface area contributed by atoms with Crippen LogP contribution < -0.4 is 5.32 Å². The van der Waals surface area contributed by atoms with Crippen LogP contribution >= 0.6 is 0 Å². The van der Waals surface area contributed by atoms with Crippen LogP contribution in [0.15, 0.2) is 24.3 Å². The number of amides is 2. The van der Waals surface area contributed by atoms with E-state index >= 15 is 0 Å². The minimum absolute atomic E-state index is 0.0905.